The number of amides is 3. The van der Waals surface area contributed by atoms with E-state index >= 15 is 0 Å². The van der Waals surface area contributed by atoms with Gasteiger partial charge in [0.2, 0.25) is 5.91 Å². The molecule has 0 fully saturated rings. The Morgan fingerprint density at radius 3 is 2.37 bits per heavy atom. The van der Waals surface area contributed by atoms with Gasteiger partial charge in [-0.15, -0.1) is 0 Å². The lowest BCUT2D eigenvalue weighted by Gasteiger charge is -2.23. The average molecular weight is 400 g/mol. The number of hydrogen-bond acceptors (Lipinski definition) is 2. The van der Waals surface area contributed by atoms with Crippen LogP contribution in [0.5, 0.6) is 0 Å². The molecule has 2 aromatic carbocycles. The maximum Gasteiger partial charge on any atom is 0.417 e. The van der Waals surface area contributed by atoms with Crippen molar-refractivity contribution < 1.29 is 22.8 Å². The van der Waals surface area contributed by atoms with Gasteiger partial charge >= 0.3 is 12.2 Å². The summed E-state index contributed by atoms with van der Waals surface area (Å²) < 4.78 is 39.0. The second-order valence-corrected chi connectivity index (χ2v) is 5.99. The molecule has 3 amide bonds. The van der Waals surface area contributed by atoms with E-state index in [-0.39, 0.29) is 18.8 Å². The number of alkyl halides is 3. The minimum absolute atomic E-state index is 0.00350. The molecule has 27 heavy (non-hydrogen) atoms. The smallest absolute Gasteiger partial charge is 0.336 e. The Morgan fingerprint density at radius 2 is 1.78 bits per heavy atom. The van der Waals surface area contributed by atoms with E-state index in [9.17, 15) is 22.8 Å². The molecule has 0 aliphatic carbocycles. The lowest BCUT2D eigenvalue weighted by molar-refractivity contribution is -0.137. The van der Waals surface area contributed by atoms with Crippen LogP contribution in [0.15, 0.2) is 48.5 Å². The van der Waals surface area contributed by atoms with Crippen molar-refractivity contribution >= 4 is 34.9 Å². The first-order valence-electron chi connectivity index (χ1n) is 7.93. The lowest BCUT2D eigenvalue weighted by atomic mass is 10.1. The molecule has 2 rings (SSSR count). The molecule has 0 heterocycles. The third kappa shape index (κ3) is 5.89. The van der Waals surface area contributed by atoms with E-state index in [0.29, 0.717) is 5.69 Å². The van der Waals surface area contributed by atoms with E-state index < -0.39 is 28.7 Å². The predicted molar refractivity (Wildman–Crippen MR) is 97.9 cm³/mol. The standard InChI is InChI=1S/C18H17ClF3N3O2/c1-12(26)25(14-7-8-16(19)15(11-14)18(20,21)22)10-9-23-17(27)24-13-5-3-2-4-6-13/h2-8,11H,9-10H2,1H3,(H2,23,24,27). The van der Waals surface area contributed by atoms with Crippen molar-refractivity contribution in [2.24, 2.45) is 0 Å². The van der Waals surface area contributed by atoms with Crippen LogP contribution >= 0.6 is 11.6 Å². The molecule has 0 aliphatic heterocycles. The Balaban J connectivity index is 2.02. The van der Waals surface area contributed by atoms with Crippen molar-refractivity contribution in [3.63, 3.8) is 0 Å². The summed E-state index contributed by atoms with van der Waals surface area (Å²) in [5.74, 6) is -0.462. The third-order valence-corrected chi connectivity index (χ3v) is 3.93. The summed E-state index contributed by atoms with van der Waals surface area (Å²) in [4.78, 5) is 24.8. The second kappa shape index (κ2) is 8.77. The molecular weight excluding hydrogens is 383 g/mol. The molecule has 144 valence electrons. The quantitative estimate of drug-likeness (QED) is 0.775. The molecule has 0 saturated heterocycles. The maximum absolute atomic E-state index is 13.0. The summed E-state index contributed by atoms with van der Waals surface area (Å²) in [7, 11) is 0. The number of halogens is 4. The lowest BCUT2D eigenvalue weighted by Crippen LogP contribution is -2.39. The number of benzene rings is 2. The summed E-state index contributed by atoms with van der Waals surface area (Å²) in [5, 5.41) is 4.70. The molecule has 2 N–H and O–H groups in total. The van der Waals surface area contributed by atoms with Gasteiger partial charge in [0.05, 0.1) is 10.6 Å². The van der Waals surface area contributed by atoms with E-state index in [1.807, 2.05) is 0 Å². The molecule has 0 unspecified atom stereocenters. The third-order valence-electron chi connectivity index (χ3n) is 3.60. The van der Waals surface area contributed by atoms with Crippen molar-refractivity contribution in [1.82, 2.24) is 5.32 Å². The first kappa shape index (κ1) is 20.6. The first-order chi connectivity index (χ1) is 12.7. The van der Waals surface area contributed by atoms with Crippen LogP contribution in [0, 0.1) is 0 Å². The highest BCUT2D eigenvalue weighted by Gasteiger charge is 2.34. The van der Waals surface area contributed by atoms with Gasteiger partial charge < -0.3 is 15.5 Å². The molecule has 2 aromatic rings. The van der Waals surface area contributed by atoms with Gasteiger partial charge in [-0.2, -0.15) is 13.2 Å². The number of anilines is 2. The Labute approximate surface area is 159 Å². The Bertz CT molecular complexity index is 813. The van der Waals surface area contributed by atoms with Crippen LogP contribution in [-0.2, 0) is 11.0 Å². The zero-order chi connectivity index (χ0) is 20.0. The molecule has 0 aliphatic rings. The van der Waals surface area contributed by atoms with Crippen molar-refractivity contribution in [3.8, 4) is 0 Å². The molecule has 0 bridgehead atoms. The molecule has 0 radical (unpaired) electrons. The van der Waals surface area contributed by atoms with Crippen LogP contribution < -0.4 is 15.5 Å². The predicted octanol–water partition coefficient (Wildman–Crippen LogP) is 4.53. The summed E-state index contributed by atoms with van der Waals surface area (Å²) in [6, 6.07) is 11.5. The van der Waals surface area contributed by atoms with E-state index in [4.69, 9.17) is 11.6 Å². The van der Waals surface area contributed by atoms with Gasteiger partial charge in [0.1, 0.15) is 0 Å². The number of para-hydroxylation sites is 1. The van der Waals surface area contributed by atoms with E-state index in [2.05, 4.69) is 10.6 Å². The summed E-state index contributed by atoms with van der Waals surface area (Å²) in [6.45, 7) is 1.27. The van der Waals surface area contributed by atoms with Gasteiger partial charge in [-0.25, -0.2) is 4.79 Å². The highest BCUT2D eigenvalue weighted by Crippen LogP contribution is 2.36. The highest BCUT2D eigenvalue weighted by molar-refractivity contribution is 6.31. The fourth-order valence-corrected chi connectivity index (χ4v) is 2.57. The van der Waals surface area contributed by atoms with Gasteiger partial charge in [-0.1, -0.05) is 29.8 Å². The van der Waals surface area contributed by atoms with E-state index in [1.54, 1.807) is 30.3 Å². The molecule has 0 aromatic heterocycles. The van der Waals surface area contributed by atoms with Gasteiger partial charge in [0.25, 0.3) is 0 Å². The highest BCUT2D eigenvalue weighted by atomic mass is 35.5. The van der Waals surface area contributed by atoms with Crippen molar-refractivity contribution in [2.75, 3.05) is 23.3 Å². The van der Waals surface area contributed by atoms with Crippen LogP contribution in [0.25, 0.3) is 0 Å². The zero-order valence-corrected chi connectivity index (χ0v) is 15.1. The Morgan fingerprint density at radius 1 is 1.11 bits per heavy atom. The number of urea groups is 1. The summed E-state index contributed by atoms with van der Waals surface area (Å²) in [5.41, 5.74) is -0.391. The topological polar surface area (TPSA) is 61.4 Å². The fraction of sp³-hybridized carbons (Fsp3) is 0.222. The number of carbonyl (C=O) groups excluding carboxylic acids is 2. The minimum atomic E-state index is -4.64. The Hall–Kier alpha value is -2.74. The molecule has 5 nitrogen and oxygen atoms in total. The van der Waals surface area contributed by atoms with E-state index in [1.165, 1.54) is 13.0 Å². The van der Waals surface area contributed by atoms with Crippen molar-refractivity contribution in [2.45, 2.75) is 13.1 Å². The first-order valence-corrected chi connectivity index (χ1v) is 8.31. The van der Waals surface area contributed by atoms with Gasteiger partial charge in [0.15, 0.2) is 0 Å². The number of rotatable bonds is 5. The summed E-state index contributed by atoms with van der Waals surface area (Å²) in [6.07, 6.45) is -4.64. The molecule has 9 heteroatoms. The zero-order valence-electron chi connectivity index (χ0n) is 14.3. The van der Waals surface area contributed by atoms with Crippen LogP contribution in [0.1, 0.15) is 12.5 Å². The number of hydrogen-bond donors (Lipinski definition) is 2. The van der Waals surface area contributed by atoms with Gasteiger partial charge in [0, 0.05) is 31.4 Å². The van der Waals surface area contributed by atoms with Crippen LogP contribution in [0.3, 0.4) is 0 Å². The Kier molecular flexibility index (Phi) is 6.68. The number of nitrogens with zero attached hydrogens (tertiary/aromatic N) is 1. The number of nitrogens with one attached hydrogen (secondary N) is 2. The minimum Gasteiger partial charge on any atom is -0.336 e. The monoisotopic (exact) mass is 399 g/mol. The molecule has 0 saturated carbocycles. The molecular formula is C18H17ClF3N3O2. The average Bonchev–Trinajstić information content (AvgIpc) is 2.59. The van der Waals surface area contributed by atoms with Crippen LogP contribution in [0.4, 0.5) is 29.3 Å². The second-order valence-electron chi connectivity index (χ2n) is 5.58. The van der Waals surface area contributed by atoms with E-state index in [0.717, 1.165) is 17.0 Å². The summed E-state index contributed by atoms with van der Waals surface area (Å²) >= 11 is 5.60. The molecule has 0 spiro atoms. The maximum atomic E-state index is 13.0. The van der Waals surface area contributed by atoms with Crippen LogP contribution in [-0.4, -0.2) is 25.0 Å². The van der Waals surface area contributed by atoms with Crippen molar-refractivity contribution in [3.05, 3.63) is 59.1 Å². The molecule has 0 atom stereocenters. The SMILES string of the molecule is CC(=O)N(CCNC(=O)Nc1ccccc1)c1ccc(Cl)c(C(F)(F)F)c1. The number of carbonyl (C=O) groups is 2. The fourth-order valence-electron chi connectivity index (χ4n) is 2.34. The van der Waals surface area contributed by atoms with Gasteiger partial charge in [-0.05, 0) is 30.3 Å². The van der Waals surface area contributed by atoms with Crippen molar-refractivity contribution in [1.29, 1.82) is 0 Å². The van der Waals surface area contributed by atoms with Crippen LogP contribution in [0.2, 0.25) is 5.02 Å². The van der Waals surface area contributed by atoms with Gasteiger partial charge in [-0.3, -0.25) is 4.79 Å². The normalized spacial score (nSPS) is 11.0. The largest absolute Gasteiger partial charge is 0.417 e.